The molecule has 2 atom stereocenters. The minimum absolute atomic E-state index is 0.139. The van der Waals surface area contributed by atoms with Crippen molar-refractivity contribution >= 4 is 17.5 Å². The lowest BCUT2D eigenvalue weighted by atomic mass is 9.98. The van der Waals surface area contributed by atoms with Gasteiger partial charge in [0.15, 0.2) is 0 Å². The van der Waals surface area contributed by atoms with Crippen LogP contribution in [0.4, 0.5) is 14.5 Å². The first-order valence-electron chi connectivity index (χ1n) is 9.33. The third-order valence-corrected chi connectivity index (χ3v) is 5.81. The fraction of sp³-hybridized carbons (Fsp3) is 0.579. The van der Waals surface area contributed by atoms with Crippen LogP contribution in [0.1, 0.15) is 25.7 Å². The number of fused-ring (bicyclic) bond motifs is 1. The van der Waals surface area contributed by atoms with Crippen molar-refractivity contribution in [1.82, 2.24) is 9.80 Å². The van der Waals surface area contributed by atoms with Gasteiger partial charge in [-0.25, -0.2) is 8.78 Å². The van der Waals surface area contributed by atoms with E-state index in [4.69, 9.17) is 0 Å². The fourth-order valence-corrected chi connectivity index (χ4v) is 4.44. The molecular weight excluding hydrogens is 340 g/mol. The SMILES string of the molecule is O=C([C@@H]1CCN(c2cc(F)cc(F)c2)C1=O)N1CCN2CCCC[C@@H]2C1. The van der Waals surface area contributed by atoms with Crippen molar-refractivity contribution in [1.29, 1.82) is 0 Å². The molecule has 3 aliphatic rings. The van der Waals surface area contributed by atoms with Crippen LogP contribution >= 0.6 is 0 Å². The van der Waals surface area contributed by atoms with E-state index in [0.29, 0.717) is 32.1 Å². The first kappa shape index (κ1) is 17.4. The van der Waals surface area contributed by atoms with E-state index < -0.39 is 17.6 Å². The summed E-state index contributed by atoms with van der Waals surface area (Å²) in [5.41, 5.74) is 0.180. The highest BCUT2D eigenvalue weighted by Gasteiger charge is 2.41. The highest BCUT2D eigenvalue weighted by molar-refractivity contribution is 6.09. The first-order valence-corrected chi connectivity index (χ1v) is 9.33. The average molecular weight is 363 g/mol. The third kappa shape index (κ3) is 3.20. The number of carbonyl (C=O) groups is 2. The maximum atomic E-state index is 13.5. The van der Waals surface area contributed by atoms with Crippen molar-refractivity contribution in [3.63, 3.8) is 0 Å². The molecule has 0 aliphatic carbocycles. The van der Waals surface area contributed by atoms with Crippen LogP contribution in [0.2, 0.25) is 0 Å². The number of hydrogen-bond acceptors (Lipinski definition) is 3. The van der Waals surface area contributed by atoms with Crippen LogP contribution in [-0.4, -0.2) is 60.4 Å². The Morgan fingerprint density at radius 2 is 1.73 bits per heavy atom. The van der Waals surface area contributed by atoms with E-state index in [0.717, 1.165) is 37.7 Å². The topological polar surface area (TPSA) is 43.9 Å². The van der Waals surface area contributed by atoms with Crippen LogP contribution in [0.15, 0.2) is 18.2 Å². The number of halogens is 2. The van der Waals surface area contributed by atoms with E-state index in [1.165, 1.54) is 17.7 Å². The number of carbonyl (C=O) groups excluding carboxylic acids is 2. The molecule has 0 saturated carbocycles. The number of anilines is 1. The van der Waals surface area contributed by atoms with Gasteiger partial charge in [0.1, 0.15) is 17.6 Å². The second kappa shape index (κ2) is 6.95. The molecule has 2 amide bonds. The average Bonchev–Trinajstić information content (AvgIpc) is 3.01. The second-order valence-electron chi connectivity index (χ2n) is 7.43. The number of piperazine rings is 1. The zero-order chi connectivity index (χ0) is 18.3. The highest BCUT2D eigenvalue weighted by atomic mass is 19.1. The van der Waals surface area contributed by atoms with Crippen molar-refractivity contribution in [2.24, 2.45) is 5.92 Å². The summed E-state index contributed by atoms with van der Waals surface area (Å²) in [5.74, 6) is -2.69. The maximum absolute atomic E-state index is 13.5. The van der Waals surface area contributed by atoms with E-state index >= 15 is 0 Å². The van der Waals surface area contributed by atoms with Crippen molar-refractivity contribution in [2.75, 3.05) is 37.6 Å². The Bertz CT molecular complexity index is 706. The van der Waals surface area contributed by atoms with E-state index in [2.05, 4.69) is 4.90 Å². The molecule has 3 aliphatic heterocycles. The van der Waals surface area contributed by atoms with Crippen LogP contribution in [0, 0.1) is 17.6 Å². The largest absolute Gasteiger partial charge is 0.339 e. The number of piperidine rings is 1. The minimum Gasteiger partial charge on any atom is -0.339 e. The molecule has 140 valence electrons. The van der Waals surface area contributed by atoms with Gasteiger partial charge in [0.2, 0.25) is 11.8 Å². The Balaban J connectivity index is 1.45. The smallest absolute Gasteiger partial charge is 0.239 e. The van der Waals surface area contributed by atoms with Gasteiger partial charge >= 0.3 is 0 Å². The predicted molar refractivity (Wildman–Crippen MR) is 92.6 cm³/mol. The molecule has 3 saturated heterocycles. The monoisotopic (exact) mass is 363 g/mol. The van der Waals surface area contributed by atoms with Crippen molar-refractivity contribution in [2.45, 2.75) is 31.7 Å². The van der Waals surface area contributed by atoms with Gasteiger partial charge in [0.05, 0.1) is 0 Å². The standard InChI is InChI=1S/C19H23F2N3O2/c20-13-9-14(21)11-16(10-13)24-6-4-17(19(24)26)18(25)23-8-7-22-5-2-1-3-15(22)12-23/h9-11,15,17H,1-8,12H2/t15-,17+/m1/s1. The lowest BCUT2D eigenvalue weighted by Gasteiger charge is -2.44. The first-order chi connectivity index (χ1) is 12.5. The molecule has 7 heteroatoms. The molecule has 26 heavy (non-hydrogen) atoms. The molecule has 0 spiro atoms. The molecule has 0 radical (unpaired) electrons. The van der Waals surface area contributed by atoms with Gasteiger partial charge in [-0.05, 0) is 37.9 Å². The summed E-state index contributed by atoms with van der Waals surface area (Å²) in [6, 6.07) is 3.44. The van der Waals surface area contributed by atoms with E-state index in [1.54, 1.807) is 0 Å². The maximum Gasteiger partial charge on any atom is 0.239 e. The van der Waals surface area contributed by atoms with Crippen LogP contribution < -0.4 is 4.90 Å². The van der Waals surface area contributed by atoms with Crippen molar-refractivity contribution in [3.05, 3.63) is 29.8 Å². The normalized spacial score (nSPS) is 26.9. The van der Waals surface area contributed by atoms with E-state index in [-0.39, 0.29) is 17.5 Å². The zero-order valence-electron chi connectivity index (χ0n) is 14.7. The Morgan fingerprint density at radius 1 is 0.962 bits per heavy atom. The Labute approximate surface area is 151 Å². The van der Waals surface area contributed by atoms with Gasteiger partial charge in [-0.3, -0.25) is 14.5 Å². The molecule has 0 N–H and O–H groups in total. The lowest BCUT2D eigenvalue weighted by molar-refractivity contribution is -0.142. The third-order valence-electron chi connectivity index (χ3n) is 5.81. The Morgan fingerprint density at radius 3 is 2.50 bits per heavy atom. The van der Waals surface area contributed by atoms with Crippen LogP contribution in [-0.2, 0) is 9.59 Å². The van der Waals surface area contributed by atoms with Crippen LogP contribution in [0.5, 0.6) is 0 Å². The van der Waals surface area contributed by atoms with Gasteiger partial charge in [-0.2, -0.15) is 0 Å². The van der Waals surface area contributed by atoms with E-state index in [9.17, 15) is 18.4 Å². The predicted octanol–water partition coefficient (Wildman–Crippen LogP) is 2.01. The summed E-state index contributed by atoms with van der Waals surface area (Å²) in [6.45, 7) is 3.58. The molecule has 0 bridgehead atoms. The summed E-state index contributed by atoms with van der Waals surface area (Å²) in [7, 11) is 0. The van der Waals surface area contributed by atoms with Crippen LogP contribution in [0.3, 0.4) is 0 Å². The number of nitrogens with zero attached hydrogens (tertiary/aromatic N) is 3. The second-order valence-corrected chi connectivity index (χ2v) is 7.43. The fourth-order valence-electron chi connectivity index (χ4n) is 4.44. The number of hydrogen-bond donors (Lipinski definition) is 0. The van der Waals surface area contributed by atoms with Gasteiger partial charge in [-0.15, -0.1) is 0 Å². The molecule has 3 fully saturated rings. The molecular formula is C19H23F2N3O2. The molecule has 1 aromatic carbocycles. The summed E-state index contributed by atoms with van der Waals surface area (Å²) < 4.78 is 26.9. The molecule has 5 nitrogen and oxygen atoms in total. The summed E-state index contributed by atoms with van der Waals surface area (Å²) in [6.07, 6.45) is 3.88. The number of amides is 2. The minimum atomic E-state index is -0.739. The molecule has 4 rings (SSSR count). The molecule has 3 heterocycles. The Kier molecular flexibility index (Phi) is 4.65. The number of benzene rings is 1. The summed E-state index contributed by atoms with van der Waals surface area (Å²) in [4.78, 5) is 31.2. The Hall–Kier alpha value is -2.02. The highest BCUT2D eigenvalue weighted by Crippen LogP contribution is 2.29. The van der Waals surface area contributed by atoms with E-state index in [1.807, 2.05) is 4.90 Å². The van der Waals surface area contributed by atoms with Crippen molar-refractivity contribution < 1.29 is 18.4 Å². The van der Waals surface area contributed by atoms with Gasteiger partial charge in [0, 0.05) is 44.0 Å². The number of rotatable bonds is 2. The summed E-state index contributed by atoms with van der Waals surface area (Å²) >= 11 is 0. The summed E-state index contributed by atoms with van der Waals surface area (Å²) in [5, 5.41) is 0. The molecule has 1 aromatic rings. The van der Waals surface area contributed by atoms with Gasteiger partial charge < -0.3 is 9.80 Å². The molecule has 0 unspecified atom stereocenters. The van der Waals surface area contributed by atoms with Crippen molar-refractivity contribution in [3.8, 4) is 0 Å². The van der Waals surface area contributed by atoms with Gasteiger partial charge in [0.25, 0.3) is 0 Å². The zero-order valence-corrected chi connectivity index (χ0v) is 14.7. The molecule has 0 aromatic heterocycles. The lowest BCUT2D eigenvalue weighted by Crippen LogP contribution is -2.57. The quantitative estimate of drug-likeness (QED) is 0.755. The van der Waals surface area contributed by atoms with Crippen LogP contribution in [0.25, 0.3) is 0 Å². The van der Waals surface area contributed by atoms with Gasteiger partial charge in [-0.1, -0.05) is 6.42 Å².